The quantitative estimate of drug-likeness (QED) is 0.785. The van der Waals surface area contributed by atoms with Gasteiger partial charge in [-0.05, 0) is 36.4 Å². The highest BCUT2D eigenvalue weighted by Crippen LogP contribution is 2.29. The zero-order valence-electron chi connectivity index (χ0n) is 9.58. The third kappa shape index (κ3) is 3.43. The molecule has 0 bridgehead atoms. The summed E-state index contributed by atoms with van der Waals surface area (Å²) in [7, 11) is 0. The maximum atomic E-state index is 13.2. The van der Waals surface area contributed by atoms with Crippen molar-refractivity contribution in [2.24, 2.45) is 5.73 Å². The summed E-state index contributed by atoms with van der Waals surface area (Å²) in [6.45, 7) is 0. The average molecular weight is 360 g/mol. The Hall–Kier alpha value is -1.17. The molecule has 0 fully saturated rings. The first-order valence-electron chi connectivity index (χ1n) is 5.29. The monoisotopic (exact) mass is 358 g/mol. The molecule has 0 aliphatic carbocycles. The Labute approximate surface area is 128 Å². The molecule has 0 spiro atoms. The Bertz CT molecular complexity index is 649. The fourth-order valence-corrected chi connectivity index (χ4v) is 2.26. The van der Waals surface area contributed by atoms with Gasteiger partial charge in [-0.1, -0.05) is 39.7 Å². The van der Waals surface area contributed by atoms with E-state index in [4.69, 9.17) is 29.6 Å². The van der Waals surface area contributed by atoms with Crippen LogP contribution in [0.2, 0.25) is 5.02 Å². The van der Waals surface area contributed by atoms with Gasteiger partial charge in [0.25, 0.3) is 0 Å². The van der Waals surface area contributed by atoms with Gasteiger partial charge in [-0.25, -0.2) is 4.39 Å². The molecule has 0 radical (unpaired) electrons. The first-order valence-corrected chi connectivity index (χ1v) is 6.87. The summed E-state index contributed by atoms with van der Waals surface area (Å²) < 4.78 is 14.1. The fourth-order valence-electron chi connectivity index (χ4n) is 1.57. The van der Waals surface area contributed by atoms with Crippen LogP contribution in [0.4, 0.5) is 15.8 Å². The number of nitrogens with two attached hydrogens (primary N) is 1. The van der Waals surface area contributed by atoms with Crippen molar-refractivity contribution in [3.8, 4) is 0 Å². The molecule has 2 aromatic carbocycles. The summed E-state index contributed by atoms with van der Waals surface area (Å²) in [5.74, 6) is -0.374. The van der Waals surface area contributed by atoms with Crippen molar-refractivity contribution in [2.75, 3.05) is 5.32 Å². The second kappa shape index (κ2) is 5.86. The van der Waals surface area contributed by atoms with Crippen LogP contribution in [0.15, 0.2) is 40.9 Å². The molecular weight excluding hydrogens is 351 g/mol. The van der Waals surface area contributed by atoms with Crippen LogP contribution in [0.3, 0.4) is 0 Å². The van der Waals surface area contributed by atoms with Gasteiger partial charge < -0.3 is 11.1 Å². The Morgan fingerprint density at radius 1 is 1.21 bits per heavy atom. The van der Waals surface area contributed by atoms with Crippen molar-refractivity contribution in [3.05, 3.63) is 57.3 Å². The highest BCUT2D eigenvalue weighted by molar-refractivity contribution is 9.10. The van der Waals surface area contributed by atoms with E-state index in [-0.39, 0.29) is 10.8 Å². The summed E-state index contributed by atoms with van der Waals surface area (Å²) in [6, 6.07) is 9.50. The minimum atomic E-state index is -0.374. The van der Waals surface area contributed by atoms with Gasteiger partial charge in [-0.15, -0.1) is 0 Å². The number of hydrogen-bond acceptors (Lipinski definition) is 2. The summed E-state index contributed by atoms with van der Waals surface area (Å²) in [4.78, 5) is 0.247. The van der Waals surface area contributed by atoms with Crippen LogP contribution in [-0.4, -0.2) is 4.99 Å². The van der Waals surface area contributed by atoms with Gasteiger partial charge in [-0.2, -0.15) is 0 Å². The predicted octanol–water partition coefficient (Wildman–Crippen LogP) is 4.62. The molecule has 0 heterocycles. The zero-order valence-corrected chi connectivity index (χ0v) is 12.7. The molecule has 19 heavy (non-hydrogen) atoms. The van der Waals surface area contributed by atoms with E-state index in [1.54, 1.807) is 12.1 Å². The molecular formula is C13H9BrClFN2S. The molecule has 2 nitrogen and oxygen atoms in total. The first kappa shape index (κ1) is 14.2. The SMILES string of the molecule is NC(=S)c1cc(Br)ccc1Nc1cc(F)ccc1Cl. The van der Waals surface area contributed by atoms with E-state index in [0.717, 1.165) is 4.47 Å². The van der Waals surface area contributed by atoms with Gasteiger partial charge in [0, 0.05) is 15.7 Å². The maximum absolute atomic E-state index is 13.2. The number of hydrogen-bond donors (Lipinski definition) is 2. The second-order valence-electron chi connectivity index (χ2n) is 3.80. The number of thiocarbonyl (C=S) groups is 1. The number of anilines is 2. The molecule has 0 amide bonds. The lowest BCUT2D eigenvalue weighted by Gasteiger charge is -2.13. The van der Waals surface area contributed by atoms with E-state index in [9.17, 15) is 4.39 Å². The second-order valence-corrected chi connectivity index (χ2v) is 5.57. The number of benzene rings is 2. The molecule has 98 valence electrons. The largest absolute Gasteiger partial charge is 0.389 e. The molecule has 3 N–H and O–H groups in total. The predicted molar refractivity (Wildman–Crippen MR) is 84.7 cm³/mol. The number of rotatable bonds is 3. The lowest BCUT2D eigenvalue weighted by molar-refractivity contribution is 0.628. The third-order valence-corrected chi connectivity index (χ3v) is 3.49. The fraction of sp³-hybridized carbons (Fsp3) is 0. The molecule has 0 aliphatic heterocycles. The van der Waals surface area contributed by atoms with Crippen molar-refractivity contribution in [1.29, 1.82) is 0 Å². The number of halogens is 3. The summed E-state index contributed by atoms with van der Waals surface area (Å²) in [5, 5.41) is 3.44. The van der Waals surface area contributed by atoms with Gasteiger partial charge in [0.2, 0.25) is 0 Å². The van der Waals surface area contributed by atoms with Crippen molar-refractivity contribution < 1.29 is 4.39 Å². The van der Waals surface area contributed by atoms with Crippen molar-refractivity contribution in [2.45, 2.75) is 0 Å². The maximum Gasteiger partial charge on any atom is 0.125 e. The lowest BCUT2D eigenvalue weighted by atomic mass is 10.1. The molecule has 0 aliphatic rings. The van der Waals surface area contributed by atoms with Gasteiger partial charge in [0.05, 0.1) is 10.7 Å². The van der Waals surface area contributed by atoms with Crippen molar-refractivity contribution in [1.82, 2.24) is 0 Å². The van der Waals surface area contributed by atoms with Crippen molar-refractivity contribution in [3.63, 3.8) is 0 Å². The Morgan fingerprint density at radius 3 is 2.63 bits per heavy atom. The smallest absolute Gasteiger partial charge is 0.125 e. The zero-order chi connectivity index (χ0) is 14.0. The van der Waals surface area contributed by atoms with Crippen molar-refractivity contribution >= 4 is 56.1 Å². The normalized spacial score (nSPS) is 10.3. The Balaban J connectivity index is 2.43. The first-order chi connectivity index (χ1) is 8.97. The molecule has 2 rings (SSSR count). The molecule has 2 aromatic rings. The highest BCUT2D eigenvalue weighted by Gasteiger charge is 2.09. The Morgan fingerprint density at radius 2 is 1.95 bits per heavy atom. The third-order valence-electron chi connectivity index (χ3n) is 2.44. The molecule has 0 saturated heterocycles. The van der Waals surface area contributed by atoms with Crippen LogP contribution < -0.4 is 11.1 Å². The summed E-state index contributed by atoms with van der Waals surface area (Å²) >= 11 is 14.3. The lowest BCUT2D eigenvalue weighted by Crippen LogP contribution is -2.12. The average Bonchev–Trinajstić information content (AvgIpc) is 2.35. The molecule has 0 unspecified atom stereocenters. The van der Waals surface area contributed by atoms with E-state index >= 15 is 0 Å². The van der Waals surface area contributed by atoms with E-state index in [0.29, 0.717) is 22.0 Å². The van der Waals surface area contributed by atoms with Crippen LogP contribution in [0.1, 0.15) is 5.56 Å². The van der Waals surface area contributed by atoms with Crippen LogP contribution in [0.25, 0.3) is 0 Å². The van der Waals surface area contributed by atoms with E-state index in [2.05, 4.69) is 21.2 Å². The van der Waals surface area contributed by atoms with Gasteiger partial charge in [0.1, 0.15) is 10.8 Å². The Kier molecular flexibility index (Phi) is 4.39. The van der Waals surface area contributed by atoms with Gasteiger partial charge in [-0.3, -0.25) is 0 Å². The van der Waals surface area contributed by atoms with E-state index in [1.165, 1.54) is 18.2 Å². The molecule has 0 saturated carbocycles. The van der Waals surface area contributed by atoms with Gasteiger partial charge in [0.15, 0.2) is 0 Å². The van der Waals surface area contributed by atoms with Crippen LogP contribution in [0.5, 0.6) is 0 Å². The van der Waals surface area contributed by atoms with Crippen LogP contribution in [-0.2, 0) is 0 Å². The highest BCUT2D eigenvalue weighted by atomic mass is 79.9. The molecule has 0 aromatic heterocycles. The van der Waals surface area contributed by atoms with E-state index < -0.39 is 0 Å². The topological polar surface area (TPSA) is 38.0 Å². The minimum absolute atomic E-state index is 0.247. The van der Waals surface area contributed by atoms with E-state index in [1.807, 2.05) is 6.07 Å². The number of nitrogens with one attached hydrogen (secondary N) is 1. The van der Waals surface area contributed by atoms with Crippen LogP contribution in [0, 0.1) is 5.82 Å². The van der Waals surface area contributed by atoms with Crippen LogP contribution >= 0.6 is 39.7 Å². The molecule has 0 atom stereocenters. The standard InChI is InChI=1S/C13H9BrClFN2S/c14-7-1-4-11(9(5-7)13(17)19)18-12-6-8(16)2-3-10(12)15/h1-6,18H,(H2,17,19). The molecule has 6 heteroatoms. The minimum Gasteiger partial charge on any atom is -0.389 e. The summed E-state index contributed by atoms with van der Waals surface area (Å²) in [5.41, 5.74) is 7.46. The summed E-state index contributed by atoms with van der Waals surface area (Å²) in [6.07, 6.45) is 0. The van der Waals surface area contributed by atoms with Gasteiger partial charge >= 0.3 is 0 Å².